The van der Waals surface area contributed by atoms with Gasteiger partial charge in [-0.1, -0.05) is 38.3 Å². The van der Waals surface area contributed by atoms with Crippen LogP contribution in [0.5, 0.6) is 0 Å². The van der Waals surface area contributed by atoms with Gasteiger partial charge in [0.2, 0.25) is 0 Å². The molecule has 2 aromatic heterocycles. The summed E-state index contributed by atoms with van der Waals surface area (Å²) >= 11 is 1.64. The first-order chi connectivity index (χ1) is 17.6. The van der Waals surface area contributed by atoms with Gasteiger partial charge in [0.15, 0.2) is 0 Å². The minimum absolute atomic E-state index is 0.0289. The number of rotatable bonds is 5. The summed E-state index contributed by atoms with van der Waals surface area (Å²) in [5.41, 5.74) is 4.58. The molecule has 0 spiro atoms. The van der Waals surface area contributed by atoms with Gasteiger partial charge in [-0.05, 0) is 60.2 Å². The smallest absolute Gasteiger partial charge is 0.255 e. The van der Waals surface area contributed by atoms with Gasteiger partial charge in [-0.15, -0.1) is 11.3 Å². The van der Waals surface area contributed by atoms with E-state index in [-0.39, 0.29) is 18.4 Å². The summed E-state index contributed by atoms with van der Waals surface area (Å²) < 4.78 is 5.20. The maximum Gasteiger partial charge on any atom is 0.255 e. The van der Waals surface area contributed by atoms with Gasteiger partial charge in [0, 0.05) is 55.1 Å². The molecule has 190 valence electrons. The molecule has 0 bridgehead atoms. The number of hydrogen-bond acceptors (Lipinski definition) is 5. The van der Waals surface area contributed by atoms with Crippen LogP contribution in [0.25, 0.3) is 11.1 Å². The average Bonchev–Trinajstić information content (AvgIpc) is 3.38. The number of nitrogens with zero attached hydrogens (tertiary/aromatic N) is 3. The Bertz CT molecular complexity index is 1160. The summed E-state index contributed by atoms with van der Waals surface area (Å²) in [5, 5.41) is 1.97. The Morgan fingerprint density at radius 2 is 1.83 bits per heavy atom. The molecular weight excluding hydrogens is 470 g/mol. The third-order valence-electron chi connectivity index (χ3n) is 6.64. The van der Waals surface area contributed by atoms with E-state index in [2.05, 4.69) is 18.0 Å². The normalized spacial score (nSPS) is 15.1. The van der Waals surface area contributed by atoms with E-state index in [0.717, 1.165) is 66.5 Å². The van der Waals surface area contributed by atoms with Crippen molar-refractivity contribution in [3.8, 4) is 11.1 Å². The fraction of sp³-hybridized carbons (Fsp3) is 0.414. The molecular formula is C29H35N3O3S. The van der Waals surface area contributed by atoms with Crippen molar-refractivity contribution in [2.24, 2.45) is 0 Å². The molecule has 0 fully saturated rings. The molecule has 6 nitrogen and oxygen atoms in total. The van der Waals surface area contributed by atoms with Crippen LogP contribution in [0.2, 0.25) is 0 Å². The molecule has 0 saturated heterocycles. The maximum absolute atomic E-state index is 13.7. The van der Waals surface area contributed by atoms with E-state index in [9.17, 15) is 9.59 Å². The fourth-order valence-electron chi connectivity index (χ4n) is 4.69. The first-order valence-electron chi connectivity index (χ1n) is 12.8. The predicted octanol–water partition coefficient (Wildman–Crippen LogP) is 5.96. The summed E-state index contributed by atoms with van der Waals surface area (Å²) in [7, 11) is 1.55. The van der Waals surface area contributed by atoms with Crippen LogP contribution in [0.15, 0.2) is 54.2 Å². The molecule has 1 aromatic carbocycles. The lowest BCUT2D eigenvalue weighted by Gasteiger charge is -2.30. The van der Waals surface area contributed by atoms with Crippen LogP contribution in [-0.2, 0) is 22.5 Å². The summed E-state index contributed by atoms with van der Waals surface area (Å²) in [5.74, 6) is -0.0104. The van der Waals surface area contributed by atoms with E-state index in [4.69, 9.17) is 4.74 Å². The lowest BCUT2D eigenvalue weighted by Crippen LogP contribution is -2.37. The fourth-order valence-corrected chi connectivity index (χ4v) is 5.50. The van der Waals surface area contributed by atoms with Gasteiger partial charge in [0.1, 0.15) is 6.61 Å². The third kappa shape index (κ3) is 6.39. The first-order valence-corrected chi connectivity index (χ1v) is 13.7. The SMILES string of the molecule is CCc1cc(C(=O)N2CCCCCCCN(C(=O)COC)c3ccc(-c4cccnc4)cc3C2)cs1. The number of carbonyl (C=O) groups excluding carboxylic acids is 2. The van der Waals surface area contributed by atoms with Crippen LogP contribution < -0.4 is 4.90 Å². The Morgan fingerprint density at radius 3 is 2.56 bits per heavy atom. The maximum atomic E-state index is 13.7. The van der Waals surface area contributed by atoms with Gasteiger partial charge >= 0.3 is 0 Å². The lowest BCUT2D eigenvalue weighted by molar-refractivity contribution is -0.122. The van der Waals surface area contributed by atoms with E-state index < -0.39 is 0 Å². The molecule has 0 N–H and O–H groups in total. The average molecular weight is 506 g/mol. The van der Waals surface area contributed by atoms with Gasteiger partial charge in [-0.25, -0.2) is 0 Å². The van der Waals surface area contributed by atoms with Crippen LogP contribution in [0, 0.1) is 0 Å². The van der Waals surface area contributed by atoms with E-state index in [1.165, 1.54) is 4.88 Å². The number of fused-ring (bicyclic) bond motifs is 1. The second-order valence-corrected chi connectivity index (χ2v) is 10.2. The highest BCUT2D eigenvalue weighted by molar-refractivity contribution is 7.10. The highest BCUT2D eigenvalue weighted by Gasteiger charge is 2.24. The van der Waals surface area contributed by atoms with Crippen molar-refractivity contribution in [2.45, 2.75) is 52.0 Å². The Hall–Kier alpha value is -3.03. The van der Waals surface area contributed by atoms with Gasteiger partial charge in [-0.2, -0.15) is 0 Å². The molecule has 3 heterocycles. The molecule has 0 atom stereocenters. The molecule has 1 aliphatic rings. The standard InChI is InChI=1S/C29H35N3O3S/c1-3-26-17-25(21-36-26)29(34)31-14-7-5-4-6-8-15-32(28(33)20-35-2)27-12-11-22(16-24(27)19-31)23-10-9-13-30-18-23/h9-13,16-18,21H,3-8,14-15,19-20H2,1-2H3. The number of carbonyl (C=O) groups is 2. The van der Waals surface area contributed by atoms with Gasteiger partial charge in [0.05, 0.1) is 5.56 Å². The zero-order valence-corrected chi connectivity index (χ0v) is 22.1. The summed E-state index contributed by atoms with van der Waals surface area (Å²) in [6, 6.07) is 12.1. The molecule has 0 saturated carbocycles. The first kappa shape index (κ1) is 26.0. The Balaban J connectivity index is 1.76. The third-order valence-corrected chi connectivity index (χ3v) is 7.72. The minimum atomic E-state index is -0.0618. The highest BCUT2D eigenvalue weighted by atomic mass is 32.1. The van der Waals surface area contributed by atoms with Crippen LogP contribution in [-0.4, -0.2) is 48.5 Å². The quantitative estimate of drug-likeness (QED) is 0.429. The van der Waals surface area contributed by atoms with Crippen molar-refractivity contribution < 1.29 is 14.3 Å². The molecule has 2 amide bonds. The van der Waals surface area contributed by atoms with Crippen molar-refractivity contribution in [2.75, 3.05) is 31.7 Å². The van der Waals surface area contributed by atoms with Gasteiger partial charge in [-0.3, -0.25) is 14.6 Å². The molecule has 0 unspecified atom stereocenters. The van der Waals surface area contributed by atoms with Crippen molar-refractivity contribution in [3.05, 3.63) is 70.2 Å². The van der Waals surface area contributed by atoms with E-state index in [1.807, 2.05) is 51.7 Å². The van der Waals surface area contributed by atoms with Crippen molar-refractivity contribution in [3.63, 3.8) is 0 Å². The number of aromatic nitrogens is 1. The van der Waals surface area contributed by atoms with Crippen molar-refractivity contribution in [1.82, 2.24) is 9.88 Å². The van der Waals surface area contributed by atoms with E-state index in [1.54, 1.807) is 24.6 Å². The van der Waals surface area contributed by atoms with Gasteiger partial charge in [0.25, 0.3) is 11.8 Å². The lowest BCUT2D eigenvalue weighted by atomic mass is 10.0. The second-order valence-electron chi connectivity index (χ2n) is 9.21. The minimum Gasteiger partial charge on any atom is -0.375 e. The van der Waals surface area contributed by atoms with Crippen LogP contribution in [0.1, 0.15) is 59.8 Å². The number of hydrogen-bond donors (Lipinski definition) is 0. The molecule has 0 radical (unpaired) electrons. The number of methoxy groups -OCH3 is 1. The van der Waals surface area contributed by atoms with Crippen molar-refractivity contribution in [1.29, 1.82) is 0 Å². The zero-order valence-electron chi connectivity index (χ0n) is 21.2. The number of ether oxygens (including phenoxy) is 1. The van der Waals surface area contributed by atoms with Crippen LogP contribution in [0.4, 0.5) is 5.69 Å². The Morgan fingerprint density at radius 1 is 1.03 bits per heavy atom. The number of benzene rings is 1. The Kier molecular flexibility index (Phi) is 9.25. The second kappa shape index (κ2) is 12.8. The monoisotopic (exact) mass is 505 g/mol. The molecule has 7 heteroatoms. The van der Waals surface area contributed by atoms with E-state index >= 15 is 0 Å². The molecule has 4 rings (SSSR count). The number of thiophene rings is 1. The zero-order chi connectivity index (χ0) is 25.3. The Labute approximate surface area is 217 Å². The van der Waals surface area contributed by atoms with Crippen molar-refractivity contribution >= 4 is 28.8 Å². The topological polar surface area (TPSA) is 62.7 Å². The summed E-state index contributed by atoms with van der Waals surface area (Å²) in [4.78, 5) is 36.0. The highest BCUT2D eigenvalue weighted by Crippen LogP contribution is 2.30. The summed E-state index contributed by atoms with van der Waals surface area (Å²) in [6.07, 6.45) is 9.66. The largest absolute Gasteiger partial charge is 0.375 e. The van der Waals surface area contributed by atoms with Gasteiger partial charge < -0.3 is 14.5 Å². The molecule has 1 aliphatic heterocycles. The molecule has 36 heavy (non-hydrogen) atoms. The van der Waals surface area contributed by atoms with E-state index in [0.29, 0.717) is 19.6 Å². The predicted molar refractivity (Wildman–Crippen MR) is 145 cm³/mol. The molecule has 3 aromatic rings. The number of pyridine rings is 1. The number of aryl methyl sites for hydroxylation is 1. The van der Waals surface area contributed by atoms with Crippen LogP contribution >= 0.6 is 11.3 Å². The summed E-state index contributed by atoms with van der Waals surface area (Å²) in [6.45, 7) is 3.91. The van der Waals surface area contributed by atoms with Crippen LogP contribution in [0.3, 0.4) is 0 Å². The molecule has 0 aliphatic carbocycles. The number of anilines is 1. The number of amides is 2.